The Hall–Kier alpha value is -3.60. The molecule has 1 unspecified atom stereocenters. The number of hydrogen-bond donors (Lipinski definition) is 0. The summed E-state index contributed by atoms with van der Waals surface area (Å²) in [7, 11) is 0. The number of fused-ring (bicyclic) bond motifs is 1. The van der Waals surface area contributed by atoms with Crippen molar-refractivity contribution in [3.63, 3.8) is 0 Å². The lowest BCUT2D eigenvalue weighted by atomic mass is 10.1. The Morgan fingerprint density at radius 2 is 1.80 bits per heavy atom. The van der Waals surface area contributed by atoms with Crippen LogP contribution in [0.25, 0.3) is 11.0 Å². The third-order valence-corrected chi connectivity index (χ3v) is 7.08. The Morgan fingerprint density at radius 3 is 2.66 bits per heavy atom. The molecule has 1 aliphatic heterocycles. The first-order valence-electron chi connectivity index (χ1n) is 12.5. The summed E-state index contributed by atoms with van der Waals surface area (Å²) < 4.78 is 8.39. The Kier molecular flexibility index (Phi) is 6.58. The summed E-state index contributed by atoms with van der Waals surface area (Å²) in [5.41, 5.74) is 6.73. The number of benzene rings is 3. The van der Waals surface area contributed by atoms with Gasteiger partial charge in [0.25, 0.3) is 0 Å². The number of rotatable bonds is 8. The van der Waals surface area contributed by atoms with Crippen molar-refractivity contribution in [3.05, 3.63) is 89.2 Å². The second-order valence-corrected chi connectivity index (χ2v) is 9.61. The lowest BCUT2D eigenvalue weighted by Crippen LogP contribution is -2.24. The number of para-hydroxylation sites is 2. The fourth-order valence-corrected chi connectivity index (χ4v) is 5.00. The second kappa shape index (κ2) is 9.95. The van der Waals surface area contributed by atoms with Crippen LogP contribution in [0.3, 0.4) is 0 Å². The molecule has 0 saturated carbocycles. The van der Waals surface area contributed by atoms with E-state index in [0.29, 0.717) is 19.6 Å². The Labute approximate surface area is 207 Å². The van der Waals surface area contributed by atoms with Crippen LogP contribution in [0.5, 0.6) is 5.75 Å². The maximum Gasteiger partial charge on any atom is 0.227 e. The molecule has 1 aliphatic rings. The van der Waals surface area contributed by atoms with Gasteiger partial charge in [-0.25, -0.2) is 4.98 Å². The van der Waals surface area contributed by atoms with Gasteiger partial charge in [-0.05, 0) is 80.6 Å². The SMILES string of the molecule is Cc1cccc(N2CC(c3nc4ccccc4n3CCCCOc3cccc(C)c3C)CC2=O)c1. The van der Waals surface area contributed by atoms with Gasteiger partial charge in [0.05, 0.1) is 17.6 Å². The average Bonchev–Trinajstić information content (AvgIpc) is 3.42. The lowest BCUT2D eigenvalue weighted by Gasteiger charge is -2.18. The molecule has 5 rings (SSSR count). The molecule has 3 aromatic carbocycles. The van der Waals surface area contributed by atoms with Crippen LogP contribution in [0.15, 0.2) is 66.7 Å². The van der Waals surface area contributed by atoms with Crippen LogP contribution < -0.4 is 9.64 Å². The number of hydrogen-bond acceptors (Lipinski definition) is 3. The molecule has 1 fully saturated rings. The van der Waals surface area contributed by atoms with Gasteiger partial charge in [0.1, 0.15) is 11.6 Å². The zero-order valence-corrected chi connectivity index (χ0v) is 20.8. The highest BCUT2D eigenvalue weighted by molar-refractivity contribution is 5.96. The van der Waals surface area contributed by atoms with E-state index in [4.69, 9.17) is 9.72 Å². The molecule has 0 radical (unpaired) electrons. The van der Waals surface area contributed by atoms with E-state index < -0.39 is 0 Å². The molecule has 0 bridgehead atoms. The van der Waals surface area contributed by atoms with E-state index in [0.717, 1.165) is 53.2 Å². The Morgan fingerprint density at radius 1 is 0.971 bits per heavy atom. The minimum Gasteiger partial charge on any atom is -0.493 e. The van der Waals surface area contributed by atoms with Crippen molar-refractivity contribution in [2.45, 2.75) is 52.5 Å². The number of aryl methyl sites for hydroxylation is 3. The lowest BCUT2D eigenvalue weighted by molar-refractivity contribution is -0.117. The molecule has 1 amide bonds. The fraction of sp³-hybridized carbons (Fsp3) is 0.333. The largest absolute Gasteiger partial charge is 0.493 e. The number of ether oxygens (including phenoxy) is 1. The summed E-state index contributed by atoms with van der Waals surface area (Å²) in [6, 6.07) is 22.7. The van der Waals surface area contributed by atoms with Crippen LogP contribution in [0.4, 0.5) is 5.69 Å². The number of carbonyl (C=O) groups excluding carboxylic acids is 1. The minimum atomic E-state index is 0.0848. The normalized spacial score (nSPS) is 15.8. The van der Waals surface area contributed by atoms with Gasteiger partial charge >= 0.3 is 0 Å². The van der Waals surface area contributed by atoms with E-state index in [1.54, 1.807) is 0 Å². The average molecular weight is 468 g/mol. The van der Waals surface area contributed by atoms with Crippen LogP contribution in [-0.4, -0.2) is 28.6 Å². The predicted molar refractivity (Wildman–Crippen MR) is 141 cm³/mol. The van der Waals surface area contributed by atoms with Crippen LogP contribution >= 0.6 is 0 Å². The first-order valence-corrected chi connectivity index (χ1v) is 12.5. The third kappa shape index (κ3) is 4.81. The number of amides is 1. The van der Waals surface area contributed by atoms with Crippen molar-refractivity contribution < 1.29 is 9.53 Å². The zero-order chi connectivity index (χ0) is 24.4. The van der Waals surface area contributed by atoms with E-state index in [-0.39, 0.29) is 11.8 Å². The van der Waals surface area contributed by atoms with Gasteiger partial charge < -0.3 is 14.2 Å². The molecule has 1 saturated heterocycles. The van der Waals surface area contributed by atoms with Crippen molar-refractivity contribution >= 4 is 22.6 Å². The van der Waals surface area contributed by atoms with Crippen molar-refractivity contribution in [2.24, 2.45) is 0 Å². The van der Waals surface area contributed by atoms with E-state index in [1.165, 1.54) is 11.1 Å². The summed E-state index contributed by atoms with van der Waals surface area (Å²) >= 11 is 0. The molecule has 5 nitrogen and oxygen atoms in total. The second-order valence-electron chi connectivity index (χ2n) is 9.61. The topological polar surface area (TPSA) is 47.4 Å². The molecular formula is C30H33N3O2. The number of carbonyl (C=O) groups is 1. The maximum atomic E-state index is 13.0. The predicted octanol–water partition coefficient (Wildman–Crippen LogP) is 6.34. The Balaban J connectivity index is 1.30. The monoisotopic (exact) mass is 467 g/mol. The van der Waals surface area contributed by atoms with Crippen LogP contribution in [-0.2, 0) is 11.3 Å². The number of nitrogens with zero attached hydrogens (tertiary/aromatic N) is 3. The van der Waals surface area contributed by atoms with E-state index >= 15 is 0 Å². The summed E-state index contributed by atoms with van der Waals surface area (Å²) in [6.45, 7) is 8.50. The smallest absolute Gasteiger partial charge is 0.227 e. The van der Waals surface area contributed by atoms with E-state index in [9.17, 15) is 4.79 Å². The summed E-state index contributed by atoms with van der Waals surface area (Å²) in [5.74, 6) is 2.24. The molecule has 2 heterocycles. The number of aromatic nitrogens is 2. The maximum absolute atomic E-state index is 13.0. The van der Waals surface area contributed by atoms with Gasteiger partial charge in [0.2, 0.25) is 5.91 Å². The first kappa shape index (κ1) is 23.2. The first-order chi connectivity index (χ1) is 17.0. The summed E-state index contributed by atoms with van der Waals surface area (Å²) in [4.78, 5) is 19.9. The van der Waals surface area contributed by atoms with Crippen LogP contribution in [0.2, 0.25) is 0 Å². The molecule has 0 N–H and O–H groups in total. The molecule has 0 aliphatic carbocycles. The molecule has 5 heteroatoms. The van der Waals surface area contributed by atoms with Crippen molar-refractivity contribution in [1.82, 2.24) is 9.55 Å². The molecule has 35 heavy (non-hydrogen) atoms. The summed E-state index contributed by atoms with van der Waals surface area (Å²) in [5, 5.41) is 0. The quantitative estimate of drug-likeness (QED) is 0.284. The summed E-state index contributed by atoms with van der Waals surface area (Å²) in [6.07, 6.45) is 2.44. The van der Waals surface area contributed by atoms with E-state index in [1.807, 2.05) is 35.2 Å². The van der Waals surface area contributed by atoms with Gasteiger partial charge in [-0.2, -0.15) is 0 Å². The van der Waals surface area contributed by atoms with E-state index in [2.05, 4.69) is 61.7 Å². The molecule has 1 aromatic heterocycles. The minimum absolute atomic E-state index is 0.0848. The zero-order valence-electron chi connectivity index (χ0n) is 20.8. The third-order valence-electron chi connectivity index (χ3n) is 7.08. The molecule has 1 atom stereocenters. The van der Waals surface area contributed by atoms with Gasteiger partial charge in [0.15, 0.2) is 0 Å². The highest BCUT2D eigenvalue weighted by Crippen LogP contribution is 2.33. The number of unbranched alkanes of at least 4 members (excludes halogenated alkanes) is 1. The van der Waals surface area contributed by atoms with Crippen molar-refractivity contribution in [3.8, 4) is 5.75 Å². The standard InChI is InChI=1S/C30H33N3O2/c1-21-10-8-12-25(18-21)33-20-24(19-29(33)34)30-31-26-13-4-5-14-27(26)32(30)16-6-7-17-35-28-15-9-11-22(2)23(28)3/h4-5,8-15,18,24H,6-7,16-17,19-20H2,1-3H3. The van der Waals surface area contributed by atoms with Crippen molar-refractivity contribution in [1.29, 1.82) is 0 Å². The van der Waals surface area contributed by atoms with Gasteiger partial charge in [-0.1, -0.05) is 36.4 Å². The fourth-order valence-electron chi connectivity index (χ4n) is 5.00. The number of imidazole rings is 1. The van der Waals surface area contributed by atoms with Gasteiger partial charge in [-0.15, -0.1) is 0 Å². The van der Waals surface area contributed by atoms with Crippen LogP contribution in [0, 0.1) is 20.8 Å². The molecule has 4 aromatic rings. The molecule has 0 spiro atoms. The van der Waals surface area contributed by atoms with Crippen LogP contribution in [0.1, 0.15) is 47.7 Å². The van der Waals surface area contributed by atoms with Gasteiger partial charge in [0, 0.05) is 31.1 Å². The Bertz CT molecular complexity index is 1360. The van der Waals surface area contributed by atoms with Crippen molar-refractivity contribution in [2.75, 3.05) is 18.1 Å². The highest BCUT2D eigenvalue weighted by atomic mass is 16.5. The highest BCUT2D eigenvalue weighted by Gasteiger charge is 2.34. The molecular weight excluding hydrogens is 434 g/mol. The van der Waals surface area contributed by atoms with Gasteiger partial charge in [-0.3, -0.25) is 4.79 Å². The number of anilines is 1. The molecule has 180 valence electrons.